The zero-order valence-electron chi connectivity index (χ0n) is 14.8. The first-order chi connectivity index (χ1) is 12.5. The van der Waals surface area contributed by atoms with Gasteiger partial charge in [-0.1, -0.05) is 24.3 Å². The van der Waals surface area contributed by atoms with Crippen LogP contribution in [0.2, 0.25) is 0 Å². The summed E-state index contributed by atoms with van der Waals surface area (Å²) >= 11 is 0. The van der Waals surface area contributed by atoms with Gasteiger partial charge >= 0.3 is 11.8 Å². The van der Waals surface area contributed by atoms with Crippen LogP contribution >= 0.6 is 0 Å². The summed E-state index contributed by atoms with van der Waals surface area (Å²) in [5.41, 5.74) is 4.12. The number of fused-ring (bicyclic) bond motifs is 1. The van der Waals surface area contributed by atoms with Gasteiger partial charge in [0.05, 0.1) is 12.7 Å². The third kappa shape index (κ3) is 3.86. The van der Waals surface area contributed by atoms with Crippen molar-refractivity contribution in [2.24, 2.45) is 0 Å². The Morgan fingerprint density at radius 1 is 1.15 bits per heavy atom. The van der Waals surface area contributed by atoms with Gasteiger partial charge in [0, 0.05) is 18.7 Å². The number of ether oxygens (including phenoxy) is 1. The topological polar surface area (TPSA) is 87.7 Å². The highest BCUT2D eigenvalue weighted by Crippen LogP contribution is 2.28. The van der Waals surface area contributed by atoms with Crippen molar-refractivity contribution in [1.82, 2.24) is 5.32 Å². The first-order valence-corrected chi connectivity index (χ1v) is 8.55. The second-order valence-corrected chi connectivity index (χ2v) is 6.41. The molecule has 0 spiro atoms. The number of hydrogen-bond donors (Lipinski definition) is 3. The summed E-state index contributed by atoms with van der Waals surface area (Å²) in [6.07, 6.45) is -0.0849. The lowest BCUT2D eigenvalue weighted by Gasteiger charge is -2.14. The van der Waals surface area contributed by atoms with Crippen LogP contribution in [0.3, 0.4) is 0 Å². The molecule has 0 radical (unpaired) electrons. The average molecular weight is 354 g/mol. The molecular formula is C20H22N2O4. The van der Waals surface area contributed by atoms with Crippen LogP contribution in [0.15, 0.2) is 36.4 Å². The number of rotatable bonds is 4. The fourth-order valence-corrected chi connectivity index (χ4v) is 2.98. The molecule has 2 aromatic rings. The van der Waals surface area contributed by atoms with E-state index in [0.717, 1.165) is 28.9 Å². The minimum atomic E-state index is -0.891. The van der Waals surface area contributed by atoms with Crippen molar-refractivity contribution in [1.29, 1.82) is 0 Å². The second kappa shape index (κ2) is 7.58. The molecule has 0 fully saturated rings. The maximum absolute atomic E-state index is 12.1. The molecule has 6 nitrogen and oxygen atoms in total. The molecule has 0 aliphatic carbocycles. The molecule has 1 unspecified atom stereocenters. The predicted octanol–water partition coefficient (Wildman–Crippen LogP) is 2.03. The van der Waals surface area contributed by atoms with Gasteiger partial charge in [0.1, 0.15) is 5.75 Å². The van der Waals surface area contributed by atoms with Crippen molar-refractivity contribution in [3.05, 3.63) is 58.7 Å². The van der Waals surface area contributed by atoms with E-state index in [9.17, 15) is 14.7 Å². The third-order valence-corrected chi connectivity index (χ3v) is 4.48. The number of para-hydroxylation sites is 1. The normalized spacial score (nSPS) is 13.5. The number of aliphatic hydroxyl groups is 1. The van der Waals surface area contributed by atoms with E-state index in [2.05, 4.69) is 10.6 Å². The maximum atomic E-state index is 12.1. The summed E-state index contributed by atoms with van der Waals surface area (Å²) in [6.45, 7) is 4.33. The van der Waals surface area contributed by atoms with Gasteiger partial charge in [-0.2, -0.15) is 0 Å². The Labute approximate surface area is 152 Å². The minimum Gasteiger partial charge on any atom is -0.493 e. The molecule has 1 heterocycles. The van der Waals surface area contributed by atoms with Crippen LogP contribution < -0.4 is 15.4 Å². The number of carbonyl (C=O) groups is 2. The van der Waals surface area contributed by atoms with Crippen molar-refractivity contribution in [3.8, 4) is 5.75 Å². The van der Waals surface area contributed by atoms with Crippen LogP contribution in [0.1, 0.15) is 28.4 Å². The number of aliphatic hydroxyl groups excluding tert-OH is 1. The summed E-state index contributed by atoms with van der Waals surface area (Å²) in [7, 11) is 0. The molecule has 0 aromatic heterocycles. The molecule has 3 N–H and O–H groups in total. The Bertz CT molecular complexity index is 827. The molecule has 1 aliphatic rings. The van der Waals surface area contributed by atoms with Gasteiger partial charge in [-0.05, 0) is 48.2 Å². The smallest absolute Gasteiger partial charge is 0.313 e. The number of benzene rings is 2. The Balaban J connectivity index is 1.57. The molecular weight excluding hydrogens is 332 g/mol. The largest absolute Gasteiger partial charge is 0.493 e. The van der Waals surface area contributed by atoms with Crippen molar-refractivity contribution >= 4 is 17.5 Å². The summed E-state index contributed by atoms with van der Waals surface area (Å²) in [6, 6.07) is 11.1. The quantitative estimate of drug-likeness (QED) is 0.733. The lowest BCUT2D eigenvalue weighted by atomic mass is 10.0. The monoisotopic (exact) mass is 354 g/mol. The lowest BCUT2D eigenvalue weighted by Crippen LogP contribution is -2.37. The number of carbonyl (C=O) groups excluding carboxylic acids is 2. The highest BCUT2D eigenvalue weighted by atomic mass is 16.5. The van der Waals surface area contributed by atoms with E-state index in [4.69, 9.17) is 4.74 Å². The molecule has 0 saturated carbocycles. The van der Waals surface area contributed by atoms with Gasteiger partial charge in [-0.25, -0.2) is 0 Å². The van der Waals surface area contributed by atoms with E-state index in [-0.39, 0.29) is 6.54 Å². The van der Waals surface area contributed by atoms with Crippen LogP contribution in [0.25, 0.3) is 0 Å². The summed E-state index contributed by atoms with van der Waals surface area (Å²) in [4.78, 5) is 24.1. The van der Waals surface area contributed by atoms with Gasteiger partial charge in [0.15, 0.2) is 0 Å². The Kier molecular flexibility index (Phi) is 5.23. The standard InChI is InChI=1S/C20H22N2O4/c1-12-4-3-5-13(2)18(12)22-20(25)19(24)21-11-16(23)14-6-7-17-15(10-14)8-9-26-17/h3-7,10,16,23H,8-9,11H2,1-2H3,(H,21,24)(H,22,25). The van der Waals surface area contributed by atoms with Gasteiger partial charge in [-0.15, -0.1) is 0 Å². The Hall–Kier alpha value is -2.86. The molecule has 3 rings (SSSR count). The van der Waals surface area contributed by atoms with Crippen molar-refractivity contribution in [3.63, 3.8) is 0 Å². The molecule has 2 aromatic carbocycles. The lowest BCUT2D eigenvalue weighted by molar-refractivity contribution is -0.136. The fraction of sp³-hybridized carbons (Fsp3) is 0.300. The van der Waals surface area contributed by atoms with E-state index in [0.29, 0.717) is 17.9 Å². The van der Waals surface area contributed by atoms with Crippen molar-refractivity contribution < 1.29 is 19.4 Å². The van der Waals surface area contributed by atoms with Crippen LogP contribution in [0.4, 0.5) is 5.69 Å². The number of nitrogens with one attached hydrogen (secondary N) is 2. The molecule has 0 bridgehead atoms. The zero-order valence-corrected chi connectivity index (χ0v) is 14.8. The van der Waals surface area contributed by atoms with Gasteiger partial charge in [-0.3, -0.25) is 9.59 Å². The minimum absolute atomic E-state index is 0.0430. The Morgan fingerprint density at radius 3 is 2.62 bits per heavy atom. The van der Waals surface area contributed by atoms with E-state index in [1.54, 1.807) is 6.07 Å². The zero-order chi connectivity index (χ0) is 18.7. The highest BCUT2D eigenvalue weighted by molar-refractivity contribution is 6.39. The van der Waals surface area contributed by atoms with E-state index in [1.165, 1.54) is 0 Å². The molecule has 1 aliphatic heterocycles. The molecule has 1 atom stereocenters. The van der Waals surface area contributed by atoms with E-state index >= 15 is 0 Å². The van der Waals surface area contributed by atoms with Gasteiger partial charge in [0.2, 0.25) is 0 Å². The third-order valence-electron chi connectivity index (χ3n) is 4.48. The number of amides is 2. The maximum Gasteiger partial charge on any atom is 0.313 e. The molecule has 6 heteroatoms. The van der Waals surface area contributed by atoms with Crippen molar-refractivity contribution in [2.75, 3.05) is 18.5 Å². The van der Waals surface area contributed by atoms with Gasteiger partial charge in [0.25, 0.3) is 0 Å². The van der Waals surface area contributed by atoms with E-state index < -0.39 is 17.9 Å². The first kappa shape index (κ1) is 17.9. The second-order valence-electron chi connectivity index (χ2n) is 6.41. The summed E-state index contributed by atoms with van der Waals surface area (Å²) < 4.78 is 5.43. The molecule has 26 heavy (non-hydrogen) atoms. The summed E-state index contributed by atoms with van der Waals surface area (Å²) in [5, 5.41) is 15.4. The molecule has 0 saturated heterocycles. The fourth-order valence-electron chi connectivity index (χ4n) is 2.98. The number of anilines is 1. The van der Waals surface area contributed by atoms with Crippen molar-refractivity contribution in [2.45, 2.75) is 26.4 Å². The highest BCUT2D eigenvalue weighted by Gasteiger charge is 2.19. The Morgan fingerprint density at radius 2 is 1.88 bits per heavy atom. The van der Waals surface area contributed by atoms with Crippen LogP contribution in [-0.2, 0) is 16.0 Å². The predicted molar refractivity (Wildman–Crippen MR) is 98.2 cm³/mol. The molecule has 136 valence electrons. The number of aryl methyl sites for hydroxylation is 2. The average Bonchev–Trinajstić information content (AvgIpc) is 3.10. The van der Waals surface area contributed by atoms with Crippen LogP contribution in [0, 0.1) is 13.8 Å². The van der Waals surface area contributed by atoms with E-state index in [1.807, 2.05) is 44.2 Å². The summed E-state index contributed by atoms with van der Waals surface area (Å²) in [5.74, 6) is -0.703. The SMILES string of the molecule is Cc1cccc(C)c1NC(=O)C(=O)NCC(O)c1ccc2c(c1)CCO2. The molecule has 2 amide bonds. The van der Waals surface area contributed by atoms with Gasteiger partial charge < -0.3 is 20.5 Å². The van der Waals surface area contributed by atoms with Crippen LogP contribution in [-0.4, -0.2) is 30.1 Å². The van der Waals surface area contributed by atoms with Crippen LogP contribution in [0.5, 0.6) is 5.75 Å². The number of hydrogen-bond acceptors (Lipinski definition) is 4. The first-order valence-electron chi connectivity index (χ1n) is 8.55.